The average molecular weight is 438 g/mol. The molecule has 1 atom stereocenters. The van der Waals surface area contributed by atoms with Gasteiger partial charge in [-0.05, 0) is 19.4 Å². The molecule has 2 N–H and O–H groups in total. The van der Waals surface area contributed by atoms with Crippen LogP contribution in [0.2, 0.25) is 5.02 Å². The number of nitrogens with zero attached hydrogens (tertiary/aromatic N) is 3. The molecule has 1 fully saturated rings. The molecule has 1 saturated heterocycles. The molecule has 1 unspecified atom stereocenters. The van der Waals surface area contributed by atoms with Crippen LogP contribution < -0.4 is 15.5 Å². The minimum absolute atomic E-state index is 0.00532. The van der Waals surface area contributed by atoms with E-state index in [9.17, 15) is 13.2 Å². The Morgan fingerprint density at radius 1 is 1.38 bits per heavy atom. The third kappa shape index (κ3) is 7.52. The van der Waals surface area contributed by atoms with Gasteiger partial charge in [-0.15, -0.1) is 0 Å². The summed E-state index contributed by atoms with van der Waals surface area (Å²) in [4.78, 5) is 10.3. The van der Waals surface area contributed by atoms with Gasteiger partial charge in [0, 0.05) is 39.0 Å². The van der Waals surface area contributed by atoms with Crippen molar-refractivity contribution < 1.29 is 22.6 Å². The molecule has 2 rings (SSSR count). The molecule has 11 heteroatoms. The molecule has 0 amide bonds. The highest BCUT2D eigenvalue weighted by molar-refractivity contribution is 6.33. The summed E-state index contributed by atoms with van der Waals surface area (Å²) in [5, 5.41) is 6.51. The summed E-state index contributed by atoms with van der Waals surface area (Å²) in [5.41, 5.74) is -0.852. The van der Waals surface area contributed by atoms with Gasteiger partial charge in [0.15, 0.2) is 5.96 Å². The van der Waals surface area contributed by atoms with Crippen LogP contribution in [0.15, 0.2) is 17.3 Å². The number of alkyl halides is 3. The molecule has 29 heavy (non-hydrogen) atoms. The molecule has 0 aliphatic carbocycles. The summed E-state index contributed by atoms with van der Waals surface area (Å²) in [6, 6.07) is 0.988. The van der Waals surface area contributed by atoms with E-state index >= 15 is 0 Å². The Hall–Kier alpha value is -1.78. The normalized spacial score (nSPS) is 17.7. The lowest BCUT2D eigenvalue weighted by Gasteiger charge is -2.21. The first-order chi connectivity index (χ1) is 13.8. The number of hydrogen-bond donors (Lipinski definition) is 2. The maximum Gasteiger partial charge on any atom is 0.417 e. The molecule has 1 aromatic rings. The molecule has 1 aliphatic rings. The molecule has 164 valence electrons. The fourth-order valence-corrected chi connectivity index (χ4v) is 3.15. The van der Waals surface area contributed by atoms with E-state index in [0.29, 0.717) is 57.8 Å². The van der Waals surface area contributed by atoms with E-state index in [4.69, 9.17) is 21.1 Å². The summed E-state index contributed by atoms with van der Waals surface area (Å²) in [5.74, 6) is 1.03. The van der Waals surface area contributed by atoms with Crippen molar-refractivity contribution in [1.82, 2.24) is 15.6 Å². The first-order valence-corrected chi connectivity index (χ1v) is 9.82. The number of nitrogens with one attached hydrogen (secondary N) is 2. The molecule has 0 bridgehead atoms. The largest absolute Gasteiger partial charge is 0.417 e. The Kier molecular flexibility index (Phi) is 9.25. The first-order valence-electron chi connectivity index (χ1n) is 9.44. The number of hydrogen-bond acceptors (Lipinski definition) is 5. The van der Waals surface area contributed by atoms with E-state index in [1.165, 1.54) is 0 Å². The summed E-state index contributed by atoms with van der Waals surface area (Å²) < 4.78 is 48.7. The minimum atomic E-state index is -4.46. The van der Waals surface area contributed by atoms with E-state index in [1.54, 1.807) is 7.11 Å². The fraction of sp³-hybridized carbons (Fsp3) is 0.667. The highest BCUT2D eigenvalue weighted by Gasteiger charge is 2.33. The average Bonchev–Trinajstić information content (AvgIpc) is 3.12. The van der Waals surface area contributed by atoms with E-state index in [-0.39, 0.29) is 11.1 Å². The molecule has 0 spiro atoms. The van der Waals surface area contributed by atoms with E-state index in [1.807, 2.05) is 11.8 Å². The Morgan fingerprint density at radius 3 is 2.83 bits per heavy atom. The van der Waals surface area contributed by atoms with Gasteiger partial charge in [0.05, 0.1) is 37.0 Å². The number of methoxy groups -OCH3 is 1. The maximum atomic E-state index is 12.8. The zero-order chi connectivity index (χ0) is 21.3. The SMILES string of the molecule is CCNC(=NCCOCCOC)NC1CCN(c2ncc(C(F)(F)F)cc2Cl)C1. The van der Waals surface area contributed by atoms with Crippen LogP contribution in [0.25, 0.3) is 0 Å². The zero-order valence-corrected chi connectivity index (χ0v) is 17.3. The number of anilines is 1. The first kappa shape index (κ1) is 23.5. The molecule has 1 aromatic heterocycles. The number of pyridine rings is 1. The van der Waals surface area contributed by atoms with Crippen molar-refractivity contribution in [1.29, 1.82) is 0 Å². The number of aliphatic imine (C=N–C) groups is 1. The van der Waals surface area contributed by atoms with Crippen LogP contribution >= 0.6 is 11.6 Å². The van der Waals surface area contributed by atoms with Crippen molar-refractivity contribution in [3.05, 3.63) is 22.8 Å². The van der Waals surface area contributed by atoms with Gasteiger partial charge in [-0.25, -0.2) is 4.98 Å². The van der Waals surface area contributed by atoms with Gasteiger partial charge in [0.1, 0.15) is 5.82 Å². The number of ether oxygens (including phenoxy) is 2. The second-order valence-corrected chi connectivity index (χ2v) is 6.88. The number of aromatic nitrogens is 1. The predicted molar refractivity (Wildman–Crippen MR) is 107 cm³/mol. The highest BCUT2D eigenvalue weighted by atomic mass is 35.5. The standard InChI is InChI=1S/C18H27ClF3N5O2/c1-3-23-17(24-5-7-29-9-8-28-2)26-14-4-6-27(12-14)16-15(19)10-13(11-25-16)18(20,21)22/h10-11,14H,3-9,12H2,1-2H3,(H2,23,24,26). The zero-order valence-electron chi connectivity index (χ0n) is 16.6. The molecule has 7 nitrogen and oxygen atoms in total. The Morgan fingerprint density at radius 2 is 2.17 bits per heavy atom. The van der Waals surface area contributed by atoms with Gasteiger partial charge in [-0.2, -0.15) is 13.2 Å². The molecular formula is C18H27ClF3N5O2. The van der Waals surface area contributed by atoms with Crippen molar-refractivity contribution in [2.45, 2.75) is 25.6 Å². The van der Waals surface area contributed by atoms with Gasteiger partial charge in [0.25, 0.3) is 0 Å². The molecular weight excluding hydrogens is 411 g/mol. The van der Waals surface area contributed by atoms with Crippen molar-refractivity contribution >= 4 is 23.4 Å². The highest BCUT2D eigenvalue weighted by Crippen LogP contribution is 2.34. The van der Waals surface area contributed by atoms with Crippen LogP contribution in [-0.2, 0) is 15.7 Å². The van der Waals surface area contributed by atoms with Gasteiger partial charge in [-0.3, -0.25) is 4.99 Å². The predicted octanol–water partition coefficient (Wildman–Crippen LogP) is 2.55. The third-order valence-corrected chi connectivity index (χ3v) is 4.54. The Balaban J connectivity index is 1.90. The van der Waals surface area contributed by atoms with E-state index in [0.717, 1.165) is 18.7 Å². The van der Waals surface area contributed by atoms with Gasteiger partial charge in [0.2, 0.25) is 0 Å². The fourth-order valence-electron chi connectivity index (χ4n) is 2.87. The Labute approximate surface area is 173 Å². The minimum Gasteiger partial charge on any atom is -0.382 e. The second kappa shape index (κ2) is 11.4. The quantitative estimate of drug-likeness (QED) is 0.351. The lowest BCUT2D eigenvalue weighted by molar-refractivity contribution is -0.137. The van der Waals surface area contributed by atoms with Crippen LogP contribution in [0, 0.1) is 0 Å². The van der Waals surface area contributed by atoms with Crippen LogP contribution in [-0.4, -0.2) is 70.1 Å². The van der Waals surface area contributed by atoms with Crippen LogP contribution in [0.3, 0.4) is 0 Å². The van der Waals surface area contributed by atoms with Crippen LogP contribution in [0.4, 0.5) is 19.0 Å². The van der Waals surface area contributed by atoms with Crippen molar-refractivity contribution in [2.24, 2.45) is 4.99 Å². The molecule has 2 heterocycles. The maximum absolute atomic E-state index is 12.8. The van der Waals surface area contributed by atoms with Crippen molar-refractivity contribution in [3.8, 4) is 0 Å². The monoisotopic (exact) mass is 437 g/mol. The van der Waals surface area contributed by atoms with Gasteiger partial charge >= 0.3 is 6.18 Å². The van der Waals surface area contributed by atoms with Gasteiger partial charge in [-0.1, -0.05) is 11.6 Å². The van der Waals surface area contributed by atoms with Crippen molar-refractivity contribution in [3.63, 3.8) is 0 Å². The molecule has 1 aliphatic heterocycles. The summed E-state index contributed by atoms with van der Waals surface area (Å²) >= 11 is 6.06. The van der Waals surface area contributed by atoms with Gasteiger partial charge < -0.3 is 25.0 Å². The van der Waals surface area contributed by atoms with Crippen LogP contribution in [0.5, 0.6) is 0 Å². The summed E-state index contributed by atoms with van der Waals surface area (Å²) in [6.07, 6.45) is -2.86. The number of halogens is 4. The van der Waals surface area contributed by atoms with Crippen molar-refractivity contribution in [2.75, 3.05) is 58.0 Å². The lowest BCUT2D eigenvalue weighted by Crippen LogP contribution is -2.44. The number of rotatable bonds is 9. The smallest absolute Gasteiger partial charge is 0.382 e. The summed E-state index contributed by atoms with van der Waals surface area (Å²) in [7, 11) is 1.62. The molecule has 0 saturated carbocycles. The molecule has 0 aromatic carbocycles. The lowest BCUT2D eigenvalue weighted by atomic mass is 10.2. The topological polar surface area (TPSA) is 71.0 Å². The van der Waals surface area contributed by atoms with Crippen LogP contribution in [0.1, 0.15) is 18.9 Å². The summed E-state index contributed by atoms with van der Waals surface area (Å²) in [6.45, 7) is 5.93. The Bertz CT molecular complexity index is 675. The van der Waals surface area contributed by atoms with E-state index < -0.39 is 11.7 Å². The number of guanidine groups is 1. The van der Waals surface area contributed by atoms with E-state index in [2.05, 4.69) is 20.6 Å². The molecule has 0 radical (unpaired) electrons. The third-order valence-electron chi connectivity index (χ3n) is 4.26. The second-order valence-electron chi connectivity index (χ2n) is 6.47.